The predicted octanol–water partition coefficient (Wildman–Crippen LogP) is 4.13. The van der Waals surface area contributed by atoms with Crippen molar-refractivity contribution in [1.29, 1.82) is 0 Å². The van der Waals surface area contributed by atoms with Crippen LogP contribution in [0.1, 0.15) is 69.3 Å². The summed E-state index contributed by atoms with van der Waals surface area (Å²) in [6.07, 6.45) is 3.48. The molecule has 1 aliphatic rings. The highest BCUT2D eigenvalue weighted by Crippen LogP contribution is 2.29. The molecule has 1 aliphatic heterocycles. The van der Waals surface area contributed by atoms with Crippen LogP contribution in [-0.2, 0) is 16.4 Å². The molecule has 1 amide bonds. The number of aliphatic hydroxyl groups is 1. The summed E-state index contributed by atoms with van der Waals surface area (Å²) >= 11 is 0. The van der Waals surface area contributed by atoms with E-state index in [9.17, 15) is 18.3 Å². The first kappa shape index (κ1) is 30.9. The van der Waals surface area contributed by atoms with Crippen molar-refractivity contribution in [3.63, 3.8) is 0 Å². The summed E-state index contributed by atoms with van der Waals surface area (Å²) < 4.78 is 32.1. The van der Waals surface area contributed by atoms with Gasteiger partial charge >= 0.3 is 0 Å². The van der Waals surface area contributed by atoms with Gasteiger partial charge in [0.15, 0.2) is 0 Å². The summed E-state index contributed by atoms with van der Waals surface area (Å²) in [4.78, 5) is 13.5. The lowest BCUT2D eigenvalue weighted by molar-refractivity contribution is 0.0824. The van der Waals surface area contributed by atoms with Crippen LogP contribution in [0, 0.1) is 5.92 Å². The van der Waals surface area contributed by atoms with E-state index in [1.165, 1.54) is 10.7 Å². The van der Waals surface area contributed by atoms with E-state index in [1.807, 2.05) is 37.3 Å². The van der Waals surface area contributed by atoms with Crippen LogP contribution in [0.3, 0.4) is 0 Å². The van der Waals surface area contributed by atoms with E-state index in [1.54, 1.807) is 18.2 Å². The lowest BCUT2D eigenvalue weighted by Crippen LogP contribution is -2.49. The van der Waals surface area contributed by atoms with Crippen LogP contribution in [-0.4, -0.2) is 63.1 Å². The van der Waals surface area contributed by atoms with Gasteiger partial charge in [0, 0.05) is 30.8 Å². The van der Waals surface area contributed by atoms with E-state index in [-0.39, 0.29) is 17.7 Å². The minimum atomic E-state index is -3.42. The molecule has 1 fully saturated rings. The van der Waals surface area contributed by atoms with Crippen LogP contribution in [0.4, 0.5) is 5.69 Å². The maximum atomic E-state index is 13.5. The van der Waals surface area contributed by atoms with Crippen molar-refractivity contribution in [3.05, 3.63) is 59.7 Å². The summed E-state index contributed by atoms with van der Waals surface area (Å²) in [5, 5.41) is 17.6. The van der Waals surface area contributed by atoms with Gasteiger partial charge in [-0.2, -0.15) is 0 Å². The summed E-state index contributed by atoms with van der Waals surface area (Å²) in [5.41, 5.74) is 1.71. The first-order valence-corrected chi connectivity index (χ1v) is 15.7. The monoisotopic (exact) mass is 559 g/mol. The summed E-state index contributed by atoms with van der Waals surface area (Å²) in [5.74, 6) is 0.793. The van der Waals surface area contributed by atoms with Gasteiger partial charge in [0.25, 0.3) is 5.91 Å². The van der Waals surface area contributed by atoms with E-state index in [0.29, 0.717) is 55.5 Å². The molecule has 2 aromatic carbocycles. The Hall–Kier alpha value is -2.62. The first-order chi connectivity index (χ1) is 18.6. The fourth-order valence-electron chi connectivity index (χ4n) is 4.84. The molecule has 0 aliphatic carbocycles. The molecule has 0 saturated carbocycles. The average Bonchev–Trinajstić information content (AvgIpc) is 3.26. The topological polar surface area (TPSA) is 108 Å². The largest absolute Gasteiger partial charge is 0.494 e. The molecule has 3 rings (SSSR count). The summed E-state index contributed by atoms with van der Waals surface area (Å²) in [6.45, 7) is 9.48. The van der Waals surface area contributed by atoms with Crippen LogP contribution < -0.4 is 19.7 Å². The minimum Gasteiger partial charge on any atom is -0.494 e. The molecule has 0 bridgehead atoms. The molecule has 1 heterocycles. The number of sulfonamides is 1. The third-order valence-corrected chi connectivity index (χ3v) is 8.89. The Kier molecular flexibility index (Phi) is 11.6. The third-order valence-electron chi connectivity index (χ3n) is 7.03. The standard InChI is InChI=1S/C30H45N3O5S/c1-5-38-27-19-25(18-26(20-27)33-15-10-16-39(33,36)37)30(35)32-28(17-24-13-7-6-8-14-24)29(34)21-31-23(4)12-9-11-22(2)3/h6-8,13-14,18-20,22-23,28-29,31,34H,5,9-12,15-17,21H2,1-4H3,(H,32,35). The number of hydrogen-bond acceptors (Lipinski definition) is 6. The Bertz CT molecular complexity index is 1160. The Morgan fingerprint density at radius 2 is 1.85 bits per heavy atom. The van der Waals surface area contributed by atoms with E-state index in [4.69, 9.17) is 4.74 Å². The van der Waals surface area contributed by atoms with Crippen LogP contribution in [0.5, 0.6) is 5.75 Å². The average molecular weight is 560 g/mol. The summed E-state index contributed by atoms with van der Waals surface area (Å²) in [7, 11) is -3.42. The number of rotatable bonds is 15. The van der Waals surface area contributed by atoms with Gasteiger partial charge < -0.3 is 20.5 Å². The van der Waals surface area contributed by atoms with Gasteiger partial charge in [0.2, 0.25) is 10.0 Å². The Labute approximate surface area is 234 Å². The molecule has 0 radical (unpaired) electrons. The van der Waals surface area contributed by atoms with Crippen molar-refractivity contribution in [2.24, 2.45) is 5.92 Å². The highest BCUT2D eigenvalue weighted by molar-refractivity contribution is 7.93. The third kappa shape index (κ3) is 9.51. The van der Waals surface area contributed by atoms with Crippen molar-refractivity contribution in [2.75, 3.05) is 29.8 Å². The van der Waals surface area contributed by atoms with Crippen LogP contribution in [0.2, 0.25) is 0 Å². The molecule has 3 atom stereocenters. The quantitative estimate of drug-likeness (QED) is 0.303. The molecule has 1 saturated heterocycles. The van der Waals surface area contributed by atoms with E-state index >= 15 is 0 Å². The van der Waals surface area contributed by atoms with Gasteiger partial charge in [0.05, 0.1) is 30.2 Å². The molecule has 3 unspecified atom stereocenters. The van der Waals surface area contributed by atoms with Crippen LogP contribution in [0.25, 0.3) is 0 Å². The number of hydrogen-bond donors (Lipinski definition) is 3. The van der Waals surface area contributed by atoms with Gasteiger partial charge in [-0.1, -0.05) is 57.0 Å². The maximum Gasteiger partial charge on any atom is 0.251 e. The van der Waals surface area contributed by atoms with Gasteiger partial charge in [-0.25, -0.2) is 8.42 Å². The van der Waals surface area contributed by atoms with Crippen molar-refractivity contribution < 1.29 is 23.1 Å². The first-order valence-electron chi connectivity index (χ1n) is 14.1. The number of aliphatic hydroxyl groups excluding tert-OH is 1. The van der Waals surface area contributed by atoms with Crippen LogP contribution in [0.15, 0.2) is 48.5 Å². The number of nitrogens with one attached hydrogen (secondary N) is 2. The van der Waals surface area contributed by atoms with Crippen molar-refractivity contribution in [1.82, 2.24) is 10.6 Å². The number of carbonyl (C=O) groups excluding carboxylic acids is 1. The lowest BCUT2D eigenvalue weighted by Gasteiger charge is -2.27. The zero-order chi connectivity index (χ0) is 28.4. The van der Waals surface area contributed by atoms with Crippen molar-refractivity contribution >= 4 is 21.6 Å². The van der Waals surface area contributed by atoms with E-state index < -0.39 is 22.2 Å². The van der Waals surface area contributed by atoms with Crippen molar-refractivity contribution in [2.45, 2.75) is 78.0 Å². The van der Waals surface area contributed by atoms with Gasteiger partial charge in [-0.15, -0.1) is 0 Å². The van der Waals surface area contributed by atoms with E-state index in [0.717, 1.165) is 18.4 Å². The number of ether oxygens (including phenoxy) is 1. The number of amides is 1. The number of nitrogens with zero attached hydrogens (tertiary/aromatic N) is 1. The SMILES string of the molecule is CCOc1cc(C(=O)NC(Cc2ccccc2)C(O)CNC(C)CCCC(C)C)cc(N2CCCS2(=O)=O)c1. The second kappa shape index (κ2) is 14.7. The molecular formula is C30H45N3O5S. The molecule has 2 aromatic rings. The fourth-order valence-corrected chi connectivity index (χ4v) is 6.39. The van der Waals surface area contributed by atoms with Gasteiger partial charge in [-0.05, 0) is 56.7 Å². The number of carbonyl (C=O) groups is 1. The minimum absolute atomic E-state index is 0.0849. The Morgan fingerprint density at radius 3 is 2.49 bits per heavy atom. The second-order valence-electron chi connectivity index (χ2n) is 10.9. The second-order valence-corrected chi connectivity index (χ2v) is 12.9. The fraction of sp³-hybridized carbons (Fsp3) is 0.567. The highest BCUT2D eigenvalue weighted by atomic mass is 32.2. The summed E-state index contributed by atoms with van der Waals surface area (Å²) in [6, 6.07) is 14.3. The van der Waals surface area contributed by atoms with E-state index in [2.05, 4.69) is 31.4 Å². The smallest absolute Gasteiger partial charge is 0.251 e. The Morgan fingerprint density at radius 1 is 1.10 bits per heavy atom. The Balaban J connectivity index is 1.77. The zero-order valence-electron chi connectivity index (χ0n) is 23.7. The number of anilines is 1. The zero-order valence-corrected chi connectivity index (χ0v) is 24.5. The molecule has 3 N–H and O–H groups in total. The molecule has 0 spiro atoms. The molecular weight excluding hydrogens is 514 g/mol. The van der Waals surface area contributed by atoms with Crippen LogP contribution >= 0.6 is 0 Å². The molecule has 39 heavy (non-hydrogen) atoms. The lowest BCUT2D eigenvalue weighted by atomic mass is 9.99. The van der Waals surface area contributed by atoms with Gasteiger partial charge in [0.1, 0.15) is 5.75 Å². The predicted molar refractivity (Wildman–Crippen MR) is 157 cm³/mol. The van der Waals surface area contributed by atoms with Crippen molar-refractivity contribution in [3.8, 4) is 5.75 Å². The number of benzene rings is 2. The van der Waals surface area contributed by atoms with Gasteiger partial charge in [-0.3, -0.25) is 9.10 Å². The normalized spacial score (nSPS) is 17.1. The molecule has 8 nitrogen and oxygen atoms in total. The molecule has 0 aromatic heterocycles. The molecule has 216 valence electrons. The highest BCUT2D eigenvalue weighted by Gasteiger charge is 2.30. The molecule has 9 heteroatoms. The maximum absolute atomic E-state index is 13.5.